The summed E-state index contributed by atoms with van der Waals surface area (Å²) in [5.41, 5.74) is 13.3. The lowest BCUT2D eigenvalue weighted by molar-refractivity contribution is -0.152. The maximum Gasteiger partial charge on any atom is 0.333 e. The van der Waals surface area contributed by atoms with Crippen LogP contribution in [0.4, 0.5) is 0 Å². The van der Waals surface area contributed by atoms with Gasteiger partial charge in [0.05, 0.1) is 34.9 Å². The summed E-state index contributed by atoms with van der Waals surface area (Å²) < 4.78 is 20.8. The smallest absolute Gasteiger partial charge is 0.333 e. The first-order valence-corrected chi connectivity index (χ1v) is 14.1. The molecule has 0 fully saturated rings. The minimum absolute atomic E-state index is 0.720. The van der Waals surface area contributed by atoms with Crippen LogP contribution in [-0.4, -0.2) is 86.4 Å². The molecule has 0 saturated carbocycles. The summed E-state index contributed by atoms with van der Waals surface area (Å²) in [7, 11) is 6.57. The minimum Gasteiger partial charge on any atom is -0.493 e. The molecule has 0 amide bonds. The van der Waals surface area contributed by atoms with E-state index in [1.807, 2.05) is 59.9 Å². The quantitative estimate of drug-likeness (QED) is 0.192. The van der Waals surface area contributed by atoms with Gasteiger partial charge in [0.1, 0.15) is 0 Å². The SMILES string of the molecule is COc1ccc(CSCCN)cc1OC.COc1ccc(CSCCN)cc1OC.O=C(O)CC(O)C(=O)O. The lowest BCUT2D eigenvalue weighted by Crippen LogP contribution is -2.22. The number of aliphatic hydroxyl groups excluding tert-OH is 1. The highest BCUT2D eigenvalue weighted by molar-refractivity contribution is 7.98. The van der Waals surface area contributed by atoms with E-state index in [-0.39, 0.29) is 0 Å². The standard InChI is InChI=1S/2C11H17NO2S.C4H6O5/c2*1-13-10-4-3-9(7-11(10)14-2)8-15-6-5-12;5-2(4(8)9)1-3(6)7/h2*3-4,7H,5-6,8,12H2,1-2H3;2,5H,1H2,(H,6,7)(H,8,9). The predicted octanol–water partition coefficient (Wildman–Crippen LogP) is 2.70. The van der Waals surface area contributed by atoms with Crippen molar-refractivity contribution < 1.29 is 43.9 Å². The second-order valence-corrected chi connectivity index (χ2v) is 9.72. The second-order valence-electron chi connectivity index (χ2n) is 7.51. The number of carboxylic acids is 2. The van der Waals surface area contributed by atoms with E-state index in [2.05, 4.69) is 0 Å². The first-order chi connectivity index (χ1) is 18.7. The van der Waals surface area contributed by atoms with Crippen molar-refractivity contribution in [3.05, 3.63) is 47.5 Å². The fourth-order valence-electron chi connectivity index (χ4n) is 2.74. The molecular weight excluding hydrogens is 548 g/mol. The Morgan fingerprint density at radius 3 is 1.38 bits per heavy atom. The van der Waals surface area contributed by atoms with Gasteiger partial charge in [-0.2, -0.15) is 23.5 Å². The van der Waals surface area contributed by atoms with E-state index in [4.69, 9.17) is 45.7 Å². The summed E-state index contributed by atoms with van der Waals surface area (Å²) >= 11 is 3.64. The van der Waals surface area contributed by atoms with Crippen molar-refractivity contribution in [3.63, 3.8) is 0 Å². The largest absolute Gasteiger partial charge is 0.493 e. The van der Waals surface area contributed by atoms with E-state index in [0.29, 0.717) is 0 Å². The molecule has 0 heterocycles. The number of ether oxygens (including phenoxy) is 4. The van der Waals surface area contributed by atoms with Gasteiger partial charge in [0, 0.05) is 36.1 Å². The molecule has 2 aromatic carbocycles. The second kappa shape index (κ2) is 22.0. The highest BCUT2D eigenvalue weighted by Crippen LogP contribution is 2.29. The van der Waals surface area contributed by atoms with E-state index >= 15 is 0 Å². The third-order valence-corrected chi connectivity index (χ3v) is 6.73. The maximum absolute atomic E-state index is 9.72. The molecule has 1 unspecified atom stereocenters. The van der Waals surface area contributed by atoms with E-state index in [1.165, 1.54) is 11.1 Å². The normalized spacial score (nSPS) is 10.6. The van der Waals surface area contributed by atoms with Crippen molar-refractivity contribution in [3.8, 4) is 23.0 Å². The molecule has 39 heavy (non-hydrogen) atoms. The molecule has 0 aliphatic carbocycles. The van der Waals surface area contributed by atoms with Crippen LogP contribution in [0.2, 0.25) is 0 Å². The number of rotatable bonds is 15. The summed E-state index contributed by atoms with van der Waals surface area (Å²) in [6.07, 6.45) is -2.54. The maximum atomic E-state index is 9.72. The third kappa shape index (κ3) is 16.0. The molecule has 2 aromatic rings. The topological polar surface area (TPSA) is 184 Å². The molecule has 11 nitrogen and oxygen atoms in total. The zero-order chi connectivity index (χ0) is 29.6. The molecule has 13 heteroatoms. The van der Waals surface area contributed by atoms with Gasteiger partial charge in [0.25, 0.3) is 0 Å². The summed E-state index contributed by atoms with van der Waals surface area (Å²) in [4.78, 5) is 19.4. The van der Waals surface area contributed by atoms with Gasteiger partial charge in [-0.05, 0) is 35.4 Å². The van der Waals surface area contributed by atoms with E-state index < -0.39 is 24.5 Å². The number of thioether (sulfide) groups is 2. The molecule has 0 bridgehead atoms. The van der Waals surface area contributed by atoms with Crippen LogP contribution in [0.3, 0.4) is 0 Å². The zero-order valence-corrected chi connectivity index (χ0v) is 24.4. The van der Waals surface area contributed by atoms with Crippen LogP contribution in [-0.2, 0) is 21.1 Å². The van der Waals surface area contributed by atoms with Crippen LogP contribution in [0.1, 0.15) is 17.5 Å². The van der Waals surface area contributed by atoms with Gasteiger partial charge in [-0.1, -0.05) is 12.1 Å². The number of carbonyl (C=O) groups is 2. The number of methoxy groups -OCH3 is 4. The first kappa shape index (κ1) is 36.2. The van der Waals surface area contributed by atoms with E-state index in [1.54, 1.807) is 28.4 Å². The molecule has 220 valence electrons. The van der Waals surface area contributed by atoms with Gasteiger partial charge < -0.3 is 45.7 Å². The van der Waals surface area contributed by atoms with Crippen LogP contribution >= 0.6 is 23.5 Å². The van der Waals surface area contributed by atoms with Crippen molar-refractivity contribution in [2.24, 2.45) is 11.5 Å². The van der Waals surface area contributed by atoms with Crippen LogP contribution < -0.4 is 30.4 Å². The first-order valence-electron chi connectivity index (χ1n) is 11.8. The molecular formula is C26H40N2O9S2. The van der Waals surface area contributed by atoms with Crippen LogP contribution in [0.15, 0.2) is 36.4 Å². The number of hydrogen-bond acceptors (Lipinski definition) is 11. The van der Waals surface area contributed by atoms with Crippen molar-refractivity contribution in [2.45, 2.75) is 24.0 Å². The number of carboxylic acid groups (broad SMARTS) is 2. The molecule has 0 radical (unpaired) electrons. The average Bonchev–Trinajstić information content (AvgIpc) is 2.93. The molecule has 0 spiro atoms. The van der Waals surface area contributed by atoms with Crippen molar-refractivity contribution in [2.75, 3.05) is 53.0 Å². The van der Waals surface area contributed by atoms with Crippen molar-refractivity contribution >= 4 is 35.5 Å². The number of hydrogen-bond donors (Lipinski definition) is 5. The molecule has 0 aliphatic rings. The van der Waals surface area contributed by atoms with Crippen LogP contribution in [0.25, 0.3) is 0 Å². The van der Waals surface area contributed by atoms with E-state index in [9.17, 15) is 9.59 Å². The van der Waals surface area contributed by atoms with Crippen LogP contribution in [0.5, 0.6) is 23.0 Å². The van der Waals surface area contributed by atoms with Gasteiger partial charge >= 0.3 is 11.9 Å². The molecule has 0 aliphatic heterocycles. The van der Waals surface area contributed by atoms with Crippen molar-refractivity contribution in [1.29, 1.82) is 0 Å². The number of nitrogens with two attached hydrogens (primary N) is 2. The lowest BCUT2D eigenvalue weighted by atomic mass is 10.2. The summed E-state index contributed by atoms with van der Waals surface area (Å²) in [6.45, 7) is 1.44. The van der Waals surface area contributed by atoms with Gasteiger partial charge in [-0.3, -0.25) is 4.79 Å². The Kier molecular flexibility index (Phi) is 20.4. The van der Waals surface area contributed by atoms with E-state index in [0.717, 1.165) is 59.1 Å². The lowest BCUT2D eigenvalue weighted by Gasteiger charge is -2.09. The molecule has 0 aromatic heterocycles. The predicted molar refractivity (Wildman–Crippen MR) is 155 cm³/mol. The number of aliphatic carboxylic acids is 2. The summed E-state index contributed by atoms with van der Waals surface area (Å²) in [5.74, 6) is 4.13. The Balaban J connectivity index is 0.000000576. The Hall–Kier alpha value is -2.84. The summed E-state index contributed by atoms with van der Waals surface area (Å²) in [5, 5.41) is 24.1. The Bertz CT molecular complexity index is 919. The fraction of sp³-hybridized carbons (Fsp3) is 0.462. The number of aliphatic hydroxyl groups is 1. The highest BCUT2D eigenvalue weighted by Gasteiger charge is 2.16. The fourth-order valence-corrected chi connectivity index (χ4v) is 4.19. The Morgan fingerprint density at radius 2 is 1.13 bits per heavy atom. The van der Waals surface area contributed by atoms with Crippen LogP contribution in [0, 0.1) is 0 Å². The molecule has 1 atom stereocenters. The van der Waals surface area contributed by atoms with Crippen molar-refractivity contribution in [1.82, 2.24) is 0 Å². The third-order valence-electron chi connectivity index (χ3n) is 4.61. The Labute approximate surface area is 238 Å². The minimum atomic E-state index is -1.79. The van der Waals surface area contributed by atoms with Gasteiger partial charge in [0.15, 0.2) is 29.1 Å². The molecule has 0 saturated heterocycles. The van der Waals surface area contributed by atoms with Gasteiger partial charge in [-0.15, -0.1) is 0 Å². The number of benzene rings is 2. The Morgan fingerprint density at radius 1 is 0.744 bits per heavy atom. The zero-order valence-electron chi connectivity index (χ0n) is 22.8. The monoisotopic (exact) mass is 588 g/mol. The van der Waals surface area contributed by atoms with Gasteiger partial charge in [0.2, 0.25) is 0 Å². The average molecular weight is 589 g/mol. The molecule has 7 N–H and O–H groups in total. The molecule has 2 rings (SSSR count). The van der Waals surface area contributed by atoms with Gasteiger partial charge in [-0.25, -0.2) is 4.79 Å². The highest BCUT2D eigenvalue weighted by atomic mass is 32.2. The summed E-state index contributed by atoms with van der Waals surface area (Å²) in [6, 6.07) is 12.0.